The lowest BCUT2D eigenvalue weighted by atomic mass is 9.78. The lowest BCUT2D eigenvalue weighted by Gasteiger charge is -2.32. The fraction of sp³-hybridized carbons (Fsp3) is 0.0682. The van der Waals surface area contributed by atoms with Crippen LogP contribution in [0.2, 0.25) is 5.15 Å². The van der Waals surface area contributed by atoms with Crippen LogP contribution in [0.25, 0.3) is 164 Å². The van der Waals surface area contributed by atoms with Gasteiger partial charge in [-0.3, -0.25) is 9.97 Å². The molecule has 19 rings (SSSR count). The van der Waals surface area contributed by atoms with Gasteiger partial charge in [0.2, 0.25) is 0 Å². The highest BCUT2D eigenvalue weighted by molar-refractivity contribution is 7.27. The number of aromatic nitrogens is 10. The molecule has 9 heterocycles. The monoisotopic (exact) mass is 1400 g/mol. The van der Waals surface area contributed by atoms with Crippen molar-refractivity contribution in [3.63, 3.8) is 0 Å². The van der Waals surface area contributed by atoms with Crippen molar-refractivity contribution < 1.29 is 9.31 Å². The molecule has 0 spiro atoms. The van der Waals surface area contributed by atoms with E-state index in [9.17, 15) is 0 Å². The molecule has 1 fully saturated rings. The Hall–Kier alpha value is -11.9. The molecule has 10 aromatic carbocycles. The number of rotatable bonds is 10. The fourth-order valence-corrected chi connectivity index (χ4v) is 15.6. The molecule has 498 valence electrons. The summed E-state index contributed by atoms with van der Waals surface area (Å²) in [6, 6.07) is 98.6. The van der Waals surface area contributed by atoms with Crippen molar-refractivity contribution in [3.8, 4) is 102 Å². The largest absolute Gasteiger partial charge is 0.494 e. The van der Waals surface area contributed by atoms with Crippen molar-refractivity contribution in [2.45, 2.75) is 38.9 Å². The van der Waals surface area contributed by atoms with E-state index in [4.69, 9.17) is 60.8 Å². The Morgan fingerprint density at radius 1 is 0.308 bits per heavy atom. The standard InChI is InChI=1S/C41H25N5S.C33H30BN3O2.C14H7ClN2S/c1-3-11-26(12-4-1)27-20-22-29(23-21-27)40-44-39(28-13-5-2-6-14-28)45-41(46-40)31-16-9-15-30(25-31)36-38-35(32-17-7-8-19-34(32)47-38)37-33(43-36)18-10-24-42-37;1-32(2)33(3,4)39-34(38-32)28-17-11-16-27(22-28)31-36-29(25-14-9-6-10-15-25)35-30(37-31)26-20-18-24(19-21-26)23-12-7-5-8-13-23;15-14-13-11(8-4-1-2-6-10(8)18-13)12-9(17-14)5-3-7-16-12/h1-25H;5-22H,1-4H3;1-7H. The number of benzene rings is 10. The number of hydrogen-bond donors (Lipinski definition) is 0. The zero-order valence-corrected chi connectivity index (χ0v) is 59.3. The van der Waals surface area contributed by atoms with Crippen LogP contribution in [0.15, 0.2) is 304 Å². The summed E-state index contributed by atoms with van der Waals surface area (Å²) in [7, 11) is -0.463. The molecule has 1 aliphatic rings. The van der Waals surface area contributed by atoms with Gasteiger partial charge < -0.3 is 9.31 Å². The quantitative estimate of drug-likeness (QED) is 0.0948. The van der Waals surface area contributed by atoms with E-state index in [0.29, 0.717) is 40.1 Å². The SMILES string of the molecule is CC1(C)OB(c2cccc(-c3nc(-c4ccccc4)nc(-c4ccc(-c5ccccc5)cc4)n3)c2)OC1(C)C.Clc1nc2cccnc2c2c1sc1ccccc12.c1ccc(-c2ccc(-c3nc(-c4ccccc4)nc(-c4cccc(-c5nc6cccnc6c6c5sc5ccccc56)c4)n3)cc2)cc1. The van der Waals surface area contributed by atoms with Gasteiger partial charge in [0.05, 0.1) is 48.4 Å². The van der Waals surface area contributed by atoms with Gasteiger partial charge in [0, 0.05) is 82.3 Å². The van der Waals surface area contributed by atoms with Crippen LogP contribution in [-0.4, -0.2) is 68.2 Å². The number of fused-ring (bicyclic) bond motifs is 10. The summed E-state index contributed by atoms with van der Waals surface area (Å²) in [5.74, 6) is 3.72. The van der Waals surface area contributed by atoms with Gasteiger partial charge in [0.15, 0.2) is 34.9 Å². The Kier molecular flexibility index (Phi) is 17.5. The molecule has 0 saturated carbocycles. The maximum absolute atomic E-state index is 6.30. The van der Waals surface area contributed by atoms with Gasteiger partial charge >= 0.3 is 7.12 Å². The first-order valence-corrected chi connectivity index (χ1v) is 36.2. The Labute approximate surface area is 613 Å². The van der Waals surface area contributed by atoms with Gasteiger partial charge in [-0.2, -0.15) is 0 Å². The van der Waals surface area contributed by atoms with Crippen LogP contribution in [0, 0.1) is 0 Å². The van der Waals surface area contributed by atoms with Crippen molar-refractivity contribution in [1.82, 2.24) is 49.8 Å². The first kappa shape index (κ1) is 65.4. The molecule has 1 saturated heterocycles. The average Bonchev–Trinajstić information content (AvgIpc) is 1.52. The van der Waals surface area contributed by atoms with E-state index in [1.807, 2.05) is 146 Å². The zero-order valence-electron chi connectivity index (χ0n) is 56.9. The second-order valence-corrected chi connectivity index (χ2v) is 28.7. The summed E-state index contributed by atoms with van der Waals surface area (Å²) < 4.78 is 17.2. The fourth-order valence-electron chi connectivity index (χ4n) is 13.0. The van der Waals surface area contributed by atoms with Crippen LogP contribution in [0.4, 0.5) is 0 Å². The van der Waals surface area contributed by atoms with E-state index in [1.165, 1.54) is 31.3 Å². The summed E-state index contributed by atoms with van der Waals surface area (Å²) in [5.41, 5.74) is 15.7. The van der Waals surface area contributed by atoms with Crippen LogP contribution in [-0.2, 0) is 9.31 Å². The lowest BCUT2D eigenvalue weighted by Crippen LogP contribution is -2.41. The normalized spacial score (nSPS) is 13.1. The van der Waals surface area contributed by atoms with Gasteiger partial charge in [-0.05, 0) is 97.9 Å². The van der Waals surface area contributed by atoms with E-state index in [-0.39, 0.29) is 0 Å². The second-order valence-electron chi connectivity index (χ2n) is 26.2. The Morgan fingerprint density at radius 2 is 0.654 bits per heavy atom. The molecule has 18 aromatic rings. The zero-order chi connectivity index (χ0) is 70.3. The molecular weight excluding hydrogens is 1340 g/mol. The van der Waals surface area contributed by atoms with Crippen molar-refractivity contribution >= 4 is 109 Å². The molecule has 0 N–H and O–H groups in total. The first-order chi connectivity index (χ1) is 50.9. The summed E-state index contributed by atoms with van der Waals surface area (Å²) >= 11 is 9.70. The van der Waals surface area contributed by atoms with E-state index in [1.54, 1.807) is 28.9 Å². The Balaban J connectivity index is 0.000000126. The molecule has 104 heavy (non-hydrogen) atoms. The summed E-state index contributed by atoms with van der Waals surface area (Å²) in [4.78, 5) is 48.4. The number of hydrogen-bond acceptors (Lipinski definition) is 14. The van der Waals surface area contributed by atoms with Crippen LogP contribution in [0.5, 0.6) is 0 Å². The summed E-state index contributed by atoms with van der Waals surface area (Å²) in [5, 5.41) is 5.22. The molecular formula is C88H62BClN10O2S2. The van der Waals surface area contributed by atoms with Gasteiger partial charge in [0.1, 0.15) is 5.15 Å². The topological polar surface area (TPSA) is 147 Å². The molecule has 0 atom stereocenters. The predicted molar refractivity (Wildman–Crippen MR) is 428 cm³/mol. The number of halogens is 1. The average molecular weight is 1400 g/mol. The lowest BCUT2D eigenvalue weighted by molar-refractivity contribution is 0.00578. The van der Waals surface area contributed by atoms with Gasteiger partial charge in [-0.15, -0.1) is 22.7 Å². The molecule has 0 aliphatic carbocycles. The molecule has 0 unspecified atom stereocenters. The van der Waals surface area contributed by atoms with E-state index in [0.717, 1.165) is 103 Å². The van der Waals surface area contributed by atoms with Crippen molar-refractivity contribution in [1.29, 1.82) is 0 Å². The number of thiophene rings is 2. The Bertz CT molecular complexity index is 6200. The van der Waals surface area contributed by atoms with Gasteiger partial charge in [-0.1, -0.05) is 260 Å². The third-order valence-electron chi connectivity index (χ3n) is 19.0. The molecule has 1 aliphatic heterocycles. The third kappa shape index (κ3) is 12.9. The van der Waals surface area contributed by atoms with Crippen LogP contribution in [0.1, 0.15) is 27.7 Å². The molecule has 12 nitrogen and oxygen atoms in total. The first-order valence-electron chi connectivity index (χ1n) is 34.2. The highest BCUT2D eigenvalue weighted by Gasteiger charge is 2.51. The molecule has 0 bridgehead atoms. The maximum Gasteiger partial charge on any atom is 0.494 e. The Morgan fingerprint density at radius 3 is 1.13 bits per heavy atom. The third-order valence-corrected chi connectivity index (χ3v) is 21.7. The predicted octanol–water partition coefficient (Wildman–Crippen LogP) is 22.0. The highest BCUT2D eigenvalue weighted by Crippen LogP contribution is 2.44. The number of nitrogens with zero attached hydrogens (tertiary/aromatic N) is 10. The van der Waals surface area contributed by atoms with Crippen LogP contribution >= 0.6 is 34.3 Å². The van der Waals surface area contributed by atoms with E-state index in [2.05, 4.69) is 189 Å². The van der Waals surface area contributed by atoms with Crippen molar-refractivity contribution in [2.24, 2.45) is 0 Å². The van der Waals surface area contributed by atoms with Crippen molar-refractivity contribution in [3.05, 3.63) is 309 Å². The van der Waals surface area contributed by atoms with Gasteiger partial charge in [-0.25, -0.2) is 39.9 Å². The minimum absolute atomic E-state index is 0.416. The van der Waals surface area contributed by atoms with Gasteiger partial charge in [0.25, 0.3) is 0 Å². The van der Waals surface area contributed by atoms with Crippen LogP contribution < -0.4 is 5.46 Å². The minimum atomic E-state index is -0.463. The van der Waals surface area contributed by atoms with Crippen molar-refractivity contribution in [2.75, 3.05) is 0 Å². The minimum Gasteiger partial charge on any atom is -0.399 e. The molecule has 0 radical (unpaired) electrons. The van der Waals surface area contributed by atoms with E-state index >= 15 is 0 Å². The molecule has 16 heteroatoms. The number of pyridine rings is 4. The summed E-state index contributed by atoms with van der Waals surface area (Å²) in [6.07, 6.45) is 3.64. The smallest absolute Gasteiger partial charge is 0.399 e. The van der Waals surface area contributed by atoms with Crippen LogP contribution in [0.3, 0.4) is 0 Å². The van der Waals surface area contributed by atoms with E-state index < -0.39 is 18.3 Å². The highest BCUT2D eigenvalue weighted by atomic mass is 35.5. The molecule has 0 amide bonds. The summed E-state index contributed by atoms with van der Waals surface area (Å²) in [6.45, 7) is 8.24. The maximum atomic E-state index is 6.30. The second kappa shape index (κ2) is 27.8. The molecule has 8 aromatic heterocycles.